The number of anilines is 1. The van der Waals surface area contributed by atoms with Crippen molar-refractivity contribution in [3.63, 3.8) is 0 Å². The van der Waals surface area contributed by atoms with Gasteiger partial charge >= 0.3 is 0 Å². The number of nitrogens with one attached hydrogen (secondary N) is 1. The van der Waals surface area contributed by atoms with Crippen LogP contribution >= 0.6 is 0 Å². The molecular weight excluding hydrogens is 250 g/mol. The van der Waals surface area contributed by atoms with E-state index in [2.05, 4.69) is 24.1 Å². The van der Waals surface area contributed by atoms with Gasteiger partial charge in [0.1, 0.15) is 0 Å². The van der Waals surface area contributed by atoms with Crippen LogP contribution in [0.1, 0.15) is 32.3 Å². The number of nitrogens with two attached hydrogens (primary N) is 1. The van der Waals surface area contributed by atoms with Gasteiger partial charge in [-0.25, -0.2) is 0 Å². The summed E-state index contributed by atoms with van der Waals surface area (Å²) in [6.45, 7) is 7.54. The molecule has 1 aromatic carbocycles. The largest absolute Gasteiger partial charge is 0.326 e. The summed E-state index contributed by atoms with van der Waals surface area (Å²) in [5.41, 5.74) is 7.78. The zero-order valence-electron chi connectivity index (χ0n) is 12.5. The van der Waals surface area contributed by atoms with Crippen molar-refractivity contribution in [2.24, 2.45) is 11.1 Å². The maximum atomic E-state index is 12.1. The van der Waals surface area contributed by atoms with Crippen LogP contribution in [0.15, 0.2) is 24.3 Å². The zero-order valence-corrected chi connectivity index (χ0v) is 12.5. The number of carbonyl (C=O) groups excluding carboxylic acids is 1. The summed E-state index contributed by atoms with van der Waals surface area (Å²) in [7, 11) is 0. The lowest BCUT2D eigenvalue weighted by molar-refractivity contribution is -0.118. The first-order chi connectivity index (χ1) is 9.48. The lowest BCUT2D eigenvalue weighted by Crippen LogP contribution is -2.43. The molecule has 0 aromatic heterocycles. The van der Waals surface area contributed by atoms with E-state index in [0.29, 0.717) is 18.5 Å². The summed E-state index contributed by atoms with van der Waals surface area (Å²) in [5, 5.41) is 2.95. The SMILES string of the molecule is CC1(C)CCCN(CC(=O)Nc2ccc(CN)cc2)C1. The van der Waals surface area contributed by atoms with Crippen molar-refractivity contribution in [2.75, 3.05) is 25.0 Å². The molecule has 110 valence electrons. The number of hydrogen-bond donors (Lipinski definition) is 2. The van der Waals surface area contributed by atoms with Gasteiger partial charge < -0.3 is 11.1 Å². The molecule has 4 heteroatoms. The Balaban J connectivity index is 1.85. The fourth-order valence-electron chi connectivity index (χ4n) is 2.81. The highest BCUT2D eigenvalue weighted by molar-refractivity contribution is 5.92. The van der Waals surface area contributed by atoms with Gasteiger partial charge in [-0.15, -0.1) is 0 Å². The van der Waals surface area contributed by atoms with E-state index in [1.807, 2.05) is 24.3 Å². The Hall–Kier alpha value is -1.39. The lowest BCUT2D eigenvalue weighted by atomic mass is 9.84. The Morgan fingerprint density at radius 3 is 2.65 bits per heavy atom. The molecule has 1 aliphatic rings. The average Bonchev–Trinajstić information content (AvgIpc) is 2.38. The third kappa shape index (κ3) is 4.32. The van der Waals surface area contributed by atoms with Gasteiger partial charge in [-0.05, 0) is 42.5 Å². The van der Waals surface area contributed by atoms with Gasteiger partial charge in [0, 0.05) is 18.8 Å². The van der Waals surface area contributed by atoms with E-state index in [9.17, 15) is 4.79 Å². The first-order valence-electron chi connectivity index (χ1n) is 7.30. The zero-order chi connectivity index (χ0) is 14.6. The molecule has 0 saturated carbocycles. The van der Waals surface area contributed by atoms with E-state index in [4.69, 9.17) is 5.73 Å². The van der Waals surface area contributed by atoms with Gasteiger partial charge in [0.15, 0.2) is 0 Å². The van der Waals surface area contributed by atoms with Gasteiger partial charge in [-0.3, -0.25) is 9.69 Å². The van der Waals surface area contributed by atoms with Gasteiger partial charge in [0.2, 0.25) is 5.91 Å². The lowest BCUT2D eigenvalue weighted by Gasteiger charge is -2.37. The summed E-state index contributed by atoms with van der Waals surface area (Å²) in [6.07, 6.45) is 2.41. The Kier molecular flexibility index (Phi) is 4.78. The van der Waals surface area contributed by atoms with Crippen molar-refractivity contribution in [3.05, 3.63) is 29.8 Å². The molecule has 0 unspecified atom stereocenters. The van der Waals surface area contributed by atoms with Gasteiger partial charge in [-0.2, -0.15) is 0 Å². The molecule has 0 atom stereocenters. The second-order valence-corrected chi connectivity index (χ2v) is 6.43. The molecule has 0 spiro atoms. The van der Waals surface area contributed by atoms with Crippen LogP contribution in [0.5, 0.6) is 0 Å². The Morgan fingerprint density at radius 1 is 1.35 bits per heavy atom. The number of carbonyl (C=O) groups is 1. The van der Waals surface area contributed by atoms with Crippen molar-refractivity contribution in [1.82, 2.24) is 4.90 Å². The number of rotatable bonds is 4. The second-order valence-electron chi connectivity index (χ2n) is 6.43. The van der Waals surface area contributed by atoms with E-state index in [-0.39, 0.29) is 5.91 Å². The maximum Gasteiger partial charge on any atom is 0.238 e. The molecule has 0 radical (unpaired) electrons. The van der Waals surface area contributed by atoms with E-state index in [1.165, 1.54) is 12.8 Å². The van der Waals surface area contributed by atoms with Crippen molar-refractivity contribution >= 4 is 11.6 Å². The minimum Gasteiger partial charge on any atom is -0.326 e. The highest BCUT2D eigenvalue weighted by Gasteiger charge is 2.27. The molecule has 3 N–H and O–H groups in total. The van der Waals surface area contributed by atoms with Crippen molar-refractivity contribution in [3.8, 4) is 0 Å². The summed E-state index contributed by atoms with van der Waals surface area (Å²) < 4.78 is 0. The van der Waals surface area contributed by atoms with Gasteiger partial charge in [0.25, 0.3) is 0 Å². The number of hydrogen-bond acceptors (Lipinski definition) is 3. The third-order valence-corrected chi connectivity index (χ3v) is 3.82. The van der Waals surface area contributed by atoms with Crippen LogP contribution in [0.4, 0.5) is 5.69 Å². The van der Waals surface area contributed by atoms with E-state index < -0.39 is 0 Å². The Morgan fingerprint density at radius 2 is 2.05 bits per heavy atom. The molecule has 1 aromatic rings. The molecular formula is C16H25N3O. The molecule has 4 nitrogen and oxygen atoms in total. The summed E-state index contributed by atoms with van der Waals surface area (Å²) in [5.74, 6) is 0.0585. The van der Waals surface area contributed by atoms with Crippen LogP contribution in [-0.2, 0) is 11.3 Å². The molecule has 2 rings (SSSR count). The molecule has 1 amide bonds. The fraction of sp³-hybridized carbons (Fsp3) is 0.562. The fourth-order valence-corrected chi connectivity index (χ4v) is 2.81. The molecule has 1 heterocycles. The molecule has 0 aliphatic carbocycles. The standard InChI is InChI=1S/C16H25N3O/c1-16(2)8-3-9-19(12-16)11-15(20)18-14-6-4-13(10-17)5-7-14/h4-7H,3,8-12,17H2,1-2H3,(H,18,20). The third-order valence-electron chi connectivity index (χ3n) is 3.82. The second kappa shape index (κ2) is 6.37. The highest BCUT2D eigenvalue weighted by atomic mass is 16.2. The predicted molar refractivity (Wildman–Crippen MR) is 82.4 cm³/mol. The van der Waals surface area contributed by atoms with Crippen LogP contribution in [0.2, 0.25) is 0 Å². The first kappa shape index (κ1) is 15.0. The molecule has 1 aliphatic heterocycles. The Labute approximate surface area is 121 Å². The van der Waals surface area contributed by atoms with Crippen LogP contribution in [0.3, 0.4) is 0 Å². The number of likely N-dealkylation sites (tertiary alicyclic amines) is 1. The predicted octanol–water partition coefficient (Wildman–Crippen LogP) is 2.21. The van der Waals surface area contributed by atoms with Crippen molar-refractivity contribution in [2.45, 2.75) is 33.2 Å². The minimum atomic E-state index is 0.0585. The number of nitrogens with zero attached hydrogens (tertiary/aromatic N) is 1. The molecule has 1 saturated heterocycles. The Bertz CT molecular complexity index is 453. The van der Waals surface area contributed by atoms with Gasteiger partial charge in [0.05, 0.1) is 6.54 Å². The normalized spacial score (nSPS) is 18.8. The number of piperidine rings is 1. The van der Waals surface area contributed by atoms with Crippen molar-refractivity contribution in [1.29, 1.82) is 0 Å². The number of amides is 1. The summed E-state index contributed by atoms with van der Waals surface area (Å²) >= 11 is 0. The number of benzene rings is 1. The molecule has 20 heavy (non-hydrogen) atoms. The van der Waals surface area contributed by atoms with Crippen LogP contribution in [0.25, 0.3) is 0 Å². The summed E-state index contributed by atoms with van der Waals surface area (Å²) in [6, 6.07) is 7.69. The van der Waals surface area contributed by atoms with Crippen LogP contribution in [0, 0.1) is 5.41 Å². The van der Waals surface area contributed by atoms with Crippen LogP contribution < -0.4 is 11.1 Å². The van der Waals surface area contributed by atoms with Crippen LogP contribution in [-0.4, -0.2) is 30.4 Å². The molecule has 1 fully saturated rings. The van der Waals surface area contributed by atoms with Crippen molar-refractivity contribution < 1.29 is 4.79 Å². The smallest absolute Gasteiger partial charge is 0.238 e. The first-order valence-corrected chi connectivity index (χ1v) is 7.30. The van der Waals surface area contributed by atoms with Gasteiger partial charge in [-0.1, -0.05) is 26.0 Å². The summed E-state index contributed by atoms with van der Waals surface area (Å²) in [4.78, 5) is 14.3. The van der Waals surface area contributed by atoms with E-state index in [1.54, 1.807) is 0 Å². The maximum absolute atomic E-state index is 12.1. The van der Waals surface area contributed by atoms with E-state index in [0.717, 1.165) is 24.3 Å². The average molecular weight is 275 g/mol. The minimum absolute atomic E-state index is 0.0585. The quantitative estimate of drug-likeness (QED) is 0.885. The molecule has 0 bridgehead atoms. The monoisotopic (exact) mass is 275 g/mol. The highest BCUT2D eigenvalue weighted by Crippen LogP contribution is 2.28. The van der Waals surface area contributed by atoms with E-state index >= 15 is 0 Å². The topological polar surface area (TPSA) is 58.4 Å².